The van der Waals surface area contributed by atoms with Crippen LogP contribution in [0, 0.1) is 0 Å². The number of rotatable bonds is 0. The molecule has 2 aromatic rings. The molecule has 0 saturated heterocycles. The van der Waals surface area contributed by atoms with Crippen LogP contribution >= 0.6 is 31.9 Å². The molecule has 1 aromatic heterocycles. The summed E-state index contributed by atoms with van der Waals surface area (Å²) in [5, 5.41) is 0. The van der Waals surface area contributed by atoms with Crippen molar-refractivity contribution >= 4 is 42.9 Å². The van der Waals surface area contributed by atoms with Gasteiger partial charge in [-0.15, -0.1) is 0 Å². The van der Waals surface area contributed by atoms with E-state index < -0.39 is 0 Å². The second kappa shape index (κ2) is 2.85. The van der Waals surface area contributed by atoms with Gasteiger partial charge in [0.2, 0.25) is 0 Å². The van der Waals surface area contributed by atoms with Gasteiger partial charge >= 0.3 is 0 Å². The summed E-state index contributed by atoms with van der Waals surface area (Å²) >= 11 is 6.93. The first-order chi connectivity index (χ1) is 5.70. The fraction of sp³-hybridized carbons (Fsp3) is 0.125. The number of fused-ring (bicyclic) bond motifs is 1. The Morgan fingerprint density at radius 2 is 1.92 bits per heavy atom. The number of aromatic nitrogens is 2. The van der Waals surface area contributed by atoms with Crippen LogP contribution in [0.5, 0.6) is 0 Å². The quantitative estimate of drug-likeness (QED) is 0.729. The summed E-state index contributed by atoms with van der Waals surface area (Å²) in [6, 6.07) is 3.99. The van der Waals surface area contributed by atoms with Crippen molar-refractivity contribution < 1.29 is 0 Å². The highest BCUT2D eigenvalue weighted by Gasteiger charge is 2.06. The summed E-state index contributed by atoms with van der Waals surface area (Å²) in [7, 11) is 1.98. The van der Waals surface area contributed by atoms with Crippen molar-refractivity contribution in [2.45, 2.75) is 0 Å². The molecule has 62 valence electrons. The Labute approximate surface area is 86.9 Å². The Morgan fingerprint density at radius 1 is 1.25 bits per heavy atom. The molecule has 0 aliphatic carbocycles. The van der Waals surface area contributed by atoms with Gasteiger partial charge in [0.15, 0.2) is 0 Å². The van der Waals surface area contributed by atoms with Gasteiger partial charge < -0.3 is 4.57 Å². The number of nitrogens with zero attached hydrogens (tertiary/aromatic N) is 2. The number of aryl methyl sites for hydroxylation is 1. The van der Waals surface area contributed by atoms with Crippen LogP contribution in [-0.2, 0) is 7.05 Å². The lowest BCUT2D eigenvalue weighted by molar-refractivity contribution is 0.945. The van der Waals surface area contributed by atoms with Crippen LogP contribution in [-0.4, -0.2) is 9.55 Å². The Balaban J connectivity index is 2.98. The molecule has 0 bridgehead atoms. The van der Waals surface area contributed by atoms with Gasteiger partial charge in [0.05, 0.1) is 11.8 Å². The SMILES string of the molecule is Cn1cnc2c(Br)ccc(Br)c21. The molecule has 2 nitrogen and oxygen atoms in total. The molecule has 0 unspecified atom stereocenters. The third-order valence-electron chi connectivity index (χ3n) is 1.77. The average molecular weight is 290 g/mol. The highest BCUT2D eigenvalue weighted by Crippen LogP contribution is 2.28. The Morgan fingerprint density at radius 3 is 2.58 bits per heavy atom. The number of halogens is 2. The summed E-state index contributed by atoms with van der Waals surface area (Å²) in [5.41, 5.74) is 2.11. The number of hydrogen-bond acceptors (Lipinski definition) is 1. The smallest absolute Gasteiger partial charge is 0.104 e. The van der Waals surface area contributed by atoms with Gasteiger partial charge in [0.25, 0.3) is 0 Å². The van der Waals surface area contributed by atoms with Gasteiger partial charge in [-0.05, 0) is 44.0 Å². The minimum absolute atomic E-state index is 0.992. The molecule has 0 fully saturated rings. The minimum atomic E-state index is 0.992. The van der Waals surface area contributed by atoms with Crippen molar-refractivity contribution in [2.24, 2.45) is 7.05 Å². The molecule has 0 N–H and O–H groups in total. The molecule has 2 rings (SSSR count). The maximum absolute atomic E-state index is 4.26. The van der Waals surface area contributed by atoms with Crippen LogP contribution in [0.4, 0.5) is 0 Å². The van der Waals surface area contributed by atoms with E-state index in [0.717, 1.165) is 20.0 Å². The number of benzene rings is 1. The van der Waals surface area contributed by atoms with Gasteiger partial charge in [0, 0.05) is 16.0 Å². The largest absolute Gasteiger partial charge is 0.333 e. The Kier molecular flexibility index (Phi) is 1.96. The number of hydrogen-bond donors (Lipinski definition) is 0. The van der Waals surface area contributed by atoms with Crippen LogP contribution < -0.4 is 0 Å². The van der Waals surface area contributed by atoms with E-state index in [1.807, 2.05) is 23.7 Å². The van der Waals surface area contributed by atoms with Crippen molar-refractivity contribution in [2.75, 3.05) is 0 Å². The molecule has 0 saturated carbocycles. The van der Waals surface area contributed by atoms with Crippen molar-refractivity contribution in [1.29, 1.82) is 0 Å². The molecule has 0 spiro atoms. The first kappa shape index (κ1) is 8.26. The monoisotopic (exact) mass is 288 g/mol. The van der Waals surface area contributed by atoms with Gasteiger partial charge in [-0.1, -0.05) is 0 Å². The summed E-state index contributed by atoms with van der Waals surface area (Å²) in [4.78, 5) is 4.26. The minimum Gasteiger partial charge on any atom is -0.333 e. The summed E-state index contributed by atoms with van der Waals surface area (Å²) < 4.78 is 4.09. The van der Waals surface area contributed by atoms with Gasteiger partial charge in [0.1, 0.15) is 5.52 Å². The standard InChI is InChI=1S/C8H6Br2N2/c1-12-4-11-7-5(9)2-3-6(10)8(7)12/h2-4H,1H3. The van der Waals surface area contributed by atoms with Crippen LogP contribution in [0.15, 0.2) is 27.4 Å². The molecular formula is C8H6Br2N2. The Bertz CT molecular complexity index is 434. The fourth-order valence-electron chi connectivity index (χ4n) is 1.19. The highest BCUT2D eigenvalue weighted by atomic mass is 79.9. The Hall–Kier alpha value is -0.350. The maximum Gasteiger partial charge on any atom is 0.104 e. The molecule has 0 aliphatic rings. The molecule has 1 aromatic carbocycles. The third-order valence-corrected chi connectivity index (χ3v) is 3.05. The van der Waals surface area contributed by atoms with Crippen molar-refractivity contribution in [3.8, 4) is 0 Å². The van der Waals surface area contributed by atoms with E-state index in [-0.39, 0.29) is 0 Å². The zero-order chi connectivity index (χ0) is 8.72. The molecule has 0 atom stereocenters. The highest BCUT2D eigenvalue weighted by molar-refractivity contribution is 9.11. The number of imidazole rings is 1. The molecule has 1 heterocycles. The topological polar surface area (TPSA) is 17.8 Å². The average Bonchev–Trinajstić information content (AvgIpc) is 2.42. The first-order valence-electron chi connectivity index (χ1n) is 3.45. The van der Waals surface area contributed by atoms with Crippen LogP contribution in [0.25, 0.3) is 11.0 Å². The molecule has 12 heavy (non-hydrogen) atoms. The predicted molar refractivity (Wildman–Crippen MR) is 56.1 cm³/mol. The van der Waals surface area contributed by atoms with Crippen LogP contribution in [0.2, 0.25) is 0 Å². The summed E-state index contributed by atoms with van der Waals surface area (Å²) in [5.74, 6) is 0. The molecule has 0 aliphatic heterocycles. The van der Waals surface area contributed by atoms with Crippen LogP contribution in [0.1, 0.15) is 0 Å². The van der Waals surface area contributed by atoms with E-state index in [1.54, 1.807) is 6.33 Å². The van der Waals surface area contributed by atoms with Crippen molar-refractivity contribution in [3.63, 3.8) is 0 Å². The summed E-state index contributed by atoms with van der Waals surface area (Å²) in [6.45, 7) is 0. The molecule has 0 amide bonds. The normalized spacial score (nSPS) is 10.9. The second-order valence-corrected chi connectivity index (χ2v) is 4.29. The molecule has 0 radical (unpaired) electrons. The maximum atomic E-state index is 4.26. The lowest BCUT2D eigenvalue weighted by Crippen LogP contribution is -1.84. The predicted octanol–water partition coefficient (Wildman–Crippen LogP) is 3.10. The van der Waals surface area contributed by atoms with Crippen molar-refractivity contribution in [1.82, 2.24) is 9.55 Å². The summed E-state index contributed by atoms with van der Waals surface area (Å²) in [6.07, 6.45) is 1.81. The van der Waals surface area contributed by atoms with E-state index in [9.17, 15) is 0 Å². The third kappa shape index (κ3) is 1.10. The lowest BCUT2D eigenvalue weighted by Gasteiger charge is -1.98. The van der Waals surface area contributed by atoms with Crippen molar-refractivity contribution in [3.05, 3.63) is 27.4 Å². The van der Waals surface area contributed by atoms with E-state index in [1.165, 1.54) is 0 Å². The zero-order valence-electron chi connectivity index (χ0n) is 6.38. The van der Waals surface area contributed by atoms with E-state index >= 15 is 0 Å². The van der Waals surface area contributed by atoms with E-state index in [2.05, 4.69) is 36.8 Å². The molecule has 4 heteroatoms. The molecular weight excluding hydrogens is 284 g/mol. The van der Waals surface area contributed by atoms with Gasteiger partial charge in [-0.25, -0.2) is 4.98 Å². The zero-order valence-corrected chi connectivity index (χ0v) is 9.55. The van der Waals surface area contributed by atoms with E-state index in [4.69, 9.17) is 0 Å². The van der Waals surface area contributed by atoms with E-state index in [0.29, 0.717) is 0 Å². The van der Waals surface area contributed by atoms with Gasteiger partial charge in [-0.2, -0.15) is 0 Å². The fourth-order valence-corrected chi connectivity index (χ4v) is 2.21. The lowest BCUT2D eigenvalue weighted by atomic mass is 10.3. The second-order valence-electron chi connectivity index (χ2n) is 2.58. The van der Waals surface area contributed by atoms with Gasteiger partial charge in [-0.3, -0.25) is 0 Å². The van der Waals surface area contributed by atoms with Crippen LogP contribution in [0.3, 0.4) is 0 Å². The first-order valence-corrected chi connectivity index (χ1v) is 5.04.